The van der Waals surface area contributed by atoms with Gasteiger partial charge in [0.25, 0.3) is 0 Å². The van der Waals surface area contributed by atoms with E-state index in [4.69, 9.17) is 0 Å². The van der Waals surface area contributed by atoms with Crippen molar-refractivity contribution in [2.45, 2.75) is 32.0 Å². The van der Waals surface area contributed by atoms with E-state index in [9.17, 15) is 9.59 Å². The number of benzene rings is 2. The van der Waals surface area contributed by atoms with Crippen molar-refractivity contribution in [3.8, 4) is 0 Å². The van der Waals surface area contributed by atoms with Crippen LogP contribution < -0.4 is 10.6 Å². The second-order valence-electron chi connectivity index (χ2n) is 6.58. The van der Waals surface area contributed by atoms with Crippen LogP contribution in [0.3, 0.4) is 0 Å². The summed E-state index contributed by atoms with van der Waals surface area (Å²) in [5.41, 5.74) is 2.59. The van der Waals surface area contributed by atoms with Crippen molar-refractivity contribution in [2.75, 3.05) is 16.4 Å². The minimum absolute atomic E-state index is 0.111. The van der Waals surface area contributed by atoms with Gasteiger partial charge in [-0.3, -0.25) is 9.59 Å². The highest BCUT2D eigenvalue weighted by atomic mass is 79.9. The first-order valence-corrected chi connectivity index (χ1v) is 11.2. The molecule has 0 unspecified atom stereocenters. The van der Waals surface area contributed by atoms with Gasteiger partial charge in [-0.05, 0) is 44.2 Å². The number of hydrogen-bond donors (Lipinski definition) is 2. The molecule has 3 aromatic rings. The highest BCUT2D eigenvalue weighted by Gasteiger charge is 2.16. The van der Waals surface area contributed by atoms with E-state index in [-0.39, 0.29) is 24.0 Å². The zero-order chi connectivity index (χ0) is 21.5. The first kappa shape index (κ1) is 22.0. The van der Waals surface area contributed by atoms with Gasteiger partial charge in [-0.2, -0.15) is 0 Å². The standard InChI is InChI=1S/C21H22BrN5O2S/c1-3-27-18(12-19(28)23-16-9-7-14(2)8-10-16)25-26-21(27)30-13-20(29)24-17-6-4-5-15(22)11-17/h4-11H,3,12-13H2,1-2H3,(H,23,28)(H,24,29). The van der Waals surface area contributed by atoms with Gasteiger partial charge >= 0.3 is 0 Å². The summed E-state index contributed by atoms with van der Waals surface area (Å²) >= 11 is 4.67. The Morgan fingerprint density at radius 2 is 1.77 bits per heavy atom. The molecule has 2 aromatic carbocycles. The van der Waals surface area contributed by atoms with Crippen LogP contribution in [-0.4, -0.2) is 32.3 Å². The maximum absolute atomic E-state index is 12.4. The molecule has 0 saturated heterocycles. The van der Waals surface area contributed by atoms with Gasteiger partial charge in [0, 0.05) is 22.4 Å². The van der Waals surface area contributed by atoms with Crippen molar-refractivity contribution >= 4 is 50.9 Å². The third-order valence-corrected chi connectivity index (χ3v) is 5.66. The zero-order valence-corrected chi connectivity index (χ0v) is 19.1. The molecule has 0 aliphatic rings. The van der Waals surface area contributed by atoms with E-state index >= 15 is 0 Å². The van der Waals surface area contributed by atoms with Crippen LogP contribution in [0.5, 0.6) is 0 Å². The second-order valence-corrected chi connectivity index (χ2v) is 8.44. The Labute approximate surface area is 187 Å². The Morgan fingerprint density at radius 1 is 1.03 bits per heavy atom. The molecule has 2 N–H and O–H groups in total. The number of carbonyl (C=O) groups is 2. The van der Waals surface area contributed by atoms with E-state index in [0.717, 1.165) is 21.4 Å². The van der Waals surface area contributed by atoms with E-state index in [1.165, 1.54) is 11.8 Å². The van der Waals surface area contributed by atoms with Gasteiger partial charge in [0.05, 0.1) is 12.2 Å². The summed E-state index contributed by atoms with van der Waals surface area (Å²) in [5.74, 6) is 0.463. The number of aromatic nitrogens is 3. The molecule has 0 saturated carbocycles. The maximum atomic E-state index is 12.4. The molecule has 0 spiro atoms. The summed E-state index contributed by atoms with van der Waals surface area (Å²) in [4.78, 5) is 24.6. The molecule has 7 nitrogen and oxygen atoms in total. The number of anilines is 2. The molecule has 1 heterocycles. The lowest BCUT2D eigenvalue weighted by Gasteiger charge is -2.09. The van der Waals surface area contributed by atoms with Crippen molar-refractivity contribution in [3.05, 3.63) is 64.4 Å². The van der Waals surface area contributed by atoms with Gasteiger partial charge in [-0.1, -0.05) is 51.5 Å². The Balaban J connectivity index is 1.57. The van der Waals surface area contributed by atoms with Crippen molar-refractivity contribution in [2.24, 2.45) is 0 Å². The fraction of sp³-hybridized carbons (Fsp3) is 0.238. The van der Waals surface area contributed by atoms with Gasteiger partial charge in [-0.15, -0.1) is 10.2 Å². The fourth-order valence-electron chi connectivity index (χ4n) is 2.75. The lowest BCUT2D eigenvalue weighted by molar-refractivity contribution is -0.116. The molecule has 0 atom stereocenters. The van der Waals surface area contributed by atoms with Crippen LogP contribution in [0.15, 0.2) is 58.2 Å². The predicted molar refractivity (Wildman–Crippen MR) is 123 cm³/mol. The van der Waals surface area contributed by atoms with Gasteiger partial charge in [0.1, 0.15) is 5.82 Å². The number of amides is 2. The van der Waals surface area contributed by atoms with Gasteiger partial charge < -0.3 is 15.2 Å². The fourth-order valence-corrected chi connectivity index (χ4v) is 3.97. The summed E-state index contributed by atoms with van der Waals surface area (Å²) in [6.07, 6.45) is 0.111. The lowest BCUT2D eigenvalue weighted by Crippen LogP contribution is -2.18. The highest BCUT2D eigenvalue weighted by Crippen LogP contribution is 2.20. The van der Waals surface area contributed by atoms with E-state index < -0.39 is 0 Å². The quantitative estimate of drug-likeness (QED) is 0.462. The average Bonchev–Trinajstić information content (AvgIpc) is 3.09. The normalized spacial score (nSPS) is 10.6. The number of nitrogens with one attached hydrogen (secondary N) is 2. The van der Waals surface area contributed by atoms with Crippen LogP contribution in [0.25, 0.3) is 0 Å². The Bertz CT molecular complexity index is 1040. The van der Waals surface area contributed by atoms with Gasteiger partial charge in [0.2, 0.25) is 11.8 Å². The second kappa shape index (κ2) is 10.4. The molecular formula is C21H22BrN5O2S. The summed E-state index contributed by atoms with van der Waals surface area (Å²) < 4.78 is 2.75. The van der Waals surface area contributed by atoms with E-state index in [1.54, 1.807) is 0 Å². The van der Waals surface area contributed by atoms with Crippen LogP contribution >= 0.6 is 27.7 Å². The smallest absolute Gasteiger partial charge is 0.234 e. The van der Waals surface area contributed by atoms with Crippen LogP contribution in [0.1, 0.15) is 18.3 Å². The van der Waals surface area contributed by atoms with Crippen LogP contribution in [0.2, 0.25) is 0 Å². The molecule has 3 rings (SSSR count). The molecule has 0 radical (unpaired) electrons. The van der Waals surface area contributed by atoms with Crippen LogP contribution in [0, 0.1) is 6.92 Å². The third-order valence-electron chi connectivity index (χ3n) is 4.20. The third kappa shape index (κ3) is 6.17. The van der Waals surface area contributed by atoms with E-state index in [2.05, 4.69) is 36.8 Å². The number of hydrogen-bond acceptors (Lipinski definition) is 5. The first-order valence-electron chi connectivity index (χ1n) is 9.41. The van der Waals surface area contributed by atoms with Crippen molar-refractivity contribution in [3.63, 3.8) is 0 Å². The highest BCUT2D eigenvalue weighted by molar-refractivity contribution is 9.10. The summed E-state index contributed by atoms with van der Waals surface area (Å²) in [7, 11) is 0. The number of rotatable bonds is 8. The molecule has 30 heavy (non-hydrogen) atoms. The van der Waals surface area contributed by atoms with E-state index in [1.807, 2.05) is 66.9 Å². The number of thioether (sulfide) groups is 1. The molecule has 9 heteroatoms. The largest absolute Gasteiger partial charge is 0.326 e. The predicted octanol–water partition coefficient (Wildman–Crippen LogP) is 4.28. The Kier molecular flexibility index (Phi) is 7.64. The number of aryl methyl sites for hydroxylation is 1. The molecule has 1 aromatic heterocycles. The molecule has 0 aliphatic heterocycles. The first-order chi connectivity index (χ1) is 14.4. The summed E-state index contributed by atoms with van der Waals surface area (Å²) in [6.45, 7) is 4.56. The van der Waals surface area contributed by atoms with Crippen molar-refractivity contribution < 1.29 is 9.59 Å². The summed E-state index contributed by atoms with van der Waals surface area (Å²) in [5, 5.41) is 14.6. The zero-order valence-electron chi connectivity index (χ0n) is 16.7. The minimum Gasteiger partial charge on any atom is -0.326 e. The monoisotopic (exact) mass is 487 g/mol. The van der Waals surface area contributed by atoms with E-state index in [0.29, 0.717) is 17.5 Å². The molecule has 2 amide bonds. The van der Waals surface area contributed by atoms with Crippen LogP contribution in [-0.2, 0) is 22.6 Å². The van der Waals surface area contributed by atoms with Gasteiger partial charge in [-0.25, -0.2) is 0 Å². The molecule has 156 valence electrons. The average molecular weight is 488 g/mol. The van der Waals surface area contributed by atoms with Crippen LogP contribution in [0.4, 0.5) is 11.4 Å². The SMILES string of the molecule is CCn1c(CC(=O)Nc2ccc(C)cc2)nnc1SCC(=O)Nc1cccc(Br)c1. The van der Waals surface area contributed by atoms with Crippen molar-refractivity contribution in [1.82, 2.24) is 14.8 Å². The molecule has 0 aliphatic carbocycles. The topological polar surface area (TPSA) is 88.9 Å². The summed E-state index contributed by atoms with van der Waals surface area (Å²) in [6, 6.07) is 15.0. The maximum Gasteiger partial charge on any atom is 0.234 e. The number of carbonyl (C=O) groups excluding carboxylic acids is 2. The Hall–Kier alpha value is -2.65. The Morgan fingerprint density at radius 3 is 2.47 bits per heavy atom. The molecule has 0 fully saturated rings. The number of nitrogens with zero attached hydrogens (tertiary/aromatic N) is 3. The lowest BCUT2D eigenvalue weighted by atomic mass is 10.2. The van der Waals surface area contributed by atoms with Gasteiger partial charge in [0.15, 0.2) is 5.16 Å². The van der Waals surface area contributed by atoms with Crippen molar-refractivity contribution in [1.29, 1.82) is 0 Å². The number of halogens is 1. The molecule has 0 bridgehead atoms. The minimum atomic E-state index is -0.162. The molecular weight excluding hydrogens is 466 g/mol.